The molecule has 0 aromatic heterocycles. The lowest BCUT2D eigenvalue weighted by atomic mass is 9.44. The van der Waals surface area contributed by atoms with Gasteiger partial charge in [-0.15, -0.1) is 0 Å². The van der Waals surface area contributed by atoms with E-state index in [1.165, 1.54) is 13.0 Å². The Morgan fingerprint density at radius 1 is 1.26 bits per heavy atom. The van der Waals surface area contributed by atoms with Gasteiger partial charge in [0, 0.05) is 29.1 Å². The quantitative estimate of drug-likeness (QED) is 0.574. The van der Waals surface area contributed by atoms with Crippen LogP contribution < -0.4 is 0 Å². The fourth-order valence-corrected chi connectivity index (χ4v) is 8.09. The molecule has 0 aliphatic heterocycles. The van der Waals surface area contributed by atoms with Gasteiger partial charge in [0.2, 0.25) is 5.78 Å². The molecule has 0 aromatic rings. The van der Waals surface area contributed by atoms with Crippen LogP contribution in [0.5, 0.6) is 0 Å². The molecule has 188 valence electrons. The third-order valence-electron chi connectivity index (χ3n) is 9.35. The molecule has 9 heteroatoms. The van der Waals surface area contributed by atoms with Gasteiger partial charge in [-0.3, -0.25) is 14.4 Å². The van der Waals surface area contributed by atoms with Gasteiger partial charge in [-0.1, -0.05) is 32.4 Å². The Morgan fingerprint density at radius 3 is 2.50 bits per heavy atom. The number of esters is 1. The molecular formula is C25H31ClF2O6. The Morgan fingerprint density at radius 2 is 1.91 bits per heavy atom. The summed E-state index contributed by atoms with van der Waals surface area (Å²) < 4.78 is 38.6. The highest BCUT2D eigenvalue weighted by Crippen LogP contribution is 2.71. The van der Waals surface area contributed by atoms with Crippen molar-refractivity contribution >= 4 is 29.1 Å². The number of halogens is 3. The molecule has 0 spiro atoms. The maximum Gasteiger partial charge on any atom is 0.306 e. The van der Waals surface area contributed by atoms with Gasteiger partial charge < -0.3 is 14.9 Å². The van der Waals surface area contributed by atoms with Crippen molar-refractivity contribution < 1.29 is 38.1 Å². The number of fused-ring (bicyclic) bond motifs is 5. The lowest BCUT2D eigenvalue weighted by Gasteiger charge is -2.63. The van der Waals surface area contributed by atoms with Crippen molar-refractivity contribution in [3.63, 3.8) is 0 Å². The second-order valence-corrected chi connectivity index (χ2v) is 11.2. The van der Waals surface area contributed by atoms with E-state index in [4.69, 9.17) is 16.3 Å². The summed E-state index contributed by atoms with van der Waals surface area (Å²) in [6.07, 6.45) is -1.42. The molecule has 3 saturated carbocycles. The maximum atomic E-state index is 17.3. The zero-order valence-electron chi connectivity index (χ0n) is 19.7. The van der Waals surface area contributed by atoms with Crippen LogP contribution in [-0.4, -0.2) is 57.9 Å². The summed E-state index contributed by atoms with van der Waals surface area (Å²) in [4.78, 5) is 37.8. The number of carbonyl (C=O) groups excluding carboxylic acids is 3. The Balaban J connectivity index is 1.90. The van der Waals surface area contributed by atoms with Gasteiger partial charge in [0.1, 0.15) is 12.8 Å². The van der Waals surface area contributed by atoms with Crippen LogP contribution in [0.15, 0.2) is 22.8 Å². The highest BCUT2D eigenvalue weighted by molar-refractivity contribution is 6.44. The summed E-state index contributed by atoms with van der Waals surface area (Å²) in [7, 11) is 0. The minimum Gasteiger partial charge on any atom is -0.450 e. The first-order valence-corrected chi connectivity index (χ1v) is 12.1. The molecule has 0 bridgehead atoms. The highest BCUT2D eigenvalue weighted by atomic mass is 35.5. The van der Waals surface area contributed by atoms with Gasteiger partial charge in [0.25, 0.3) is 0 Å². The third kappa shape index (κ3) is 2.88. The normalized spacial score (nSPS) is 47.7. The molecule has 0 heterocycles. The Kier molecular flexibility index (Phi) is 5.94. The Hall–Kier alpha value is -1.64. The number of aliphatic hydroxyl groups excluding tert-OH is 2. The molecule has 34 heavy (non-hydrogen) atoms. The number of hydrogen-bond donors (Lipinski definition) is 2. The lowest BCUT2D eigenvalue weighted by molar-refractivity contribution is -0.231. The lowest BCUT2D eigenvalue weighted by Crippen LogP contribution is -2.71. The number of allylic oxidation sites excluding steroid dienone is 4. The Labute approximate surface area is 202 Å². The van der Waals surface area contributed by atoms with E-state index >= 15 is 8.78 Å². The average Bonchev–Trinajstić information content (AvgIpc) is 2.99. The third-order valence-corrected chi connectivity index (χ3v) is 9.64. The second kappa shape index (κ2) is 7.93. The van der Waals surface area contributed by atoms with Crippen LogP contribution in [0.2, 0.25) is 0 Å². The zero-order valence-corrected chi connectivity index (χ0v) is 20.5. The summed E-state index contributed by atoms with van der Waals surface area (Å²) in [5.41, 5.74) is -7.12. The van der Waals surface area contributed by atoms with Gasteiger partial charge in [0.05, 0.1) is 11.1 Å². The van der Waals surface area contributed by atoms with Crippen molar-refractivity contribution in [3.05, 3.63) is 22.8 Å². The fraction of sp³-hybridized carbons (Fsp3) is 0.720. The second-order valence-electron chi connectivity index (χ2n) is 10.8. The average molecular weight is 501 g/mol. The predicted octanol–water partition coefficient (Wildman–Crippen LogP) is 3.37. The van der Waals surface area contributed by atoms with Crippen LogP contribution >= 0.6 is 11.6 Å². The molecule has 6 nitrogen and oxygen atoms in total. The summed E-state index contributed by atoms with van der Waals surface area (Å²) in [5.74, 6) is -4.26. The van der Waals surface area contributed by atoms with Crippen molar-refractivity contribution in [1.82, 2.24) is 0 Å². The number of Topliss-reactive ketones (excluding diaryl/α,β-unsaturated/α-hetero) is 1. The summed E-state index contributed by atoms with van der Waals surface area (Å²) in [6, 6.07) is 0. The standard InChI is InChI=1S/C25H31ClF2O6/c1-5-21(33)34-25(20(32)11-29)12(2)6-13-14-7-17(27)15-8-18(30)16(26)9-22(15,3)24(14,28)19(31)10-23(13,25)4/h8-9,12-14,17,19,29,31H,5-7,10-11H2,1-4H3. The zero-order chi connectivity index (χ0) is 25.4. The van der Waals surface area contributed by atoms with E-state index in [9.17, 15) is 24.6 Å². The first-order valence-electron chi connectivity index (χ1n) is 11.8. The molecule has 3 fully saturated rings. The minimum absolute atomic E-state index is 0.0109. The molecule has 9 unspecified atom stereocenters. The van der Waals surface area contributed by atoms with Crippen molar-refractivity contribution in [2.45, 2.75) is 76.9 Å². The van der Waals surface area contributed by atoms with E-state index in [1.807, 2.05) is 0 Å². The first kappa shape index (κ1) is 25.5. The van der Waals surface area contributed by atoms with Gasteiger partial charge in [-0.25, -0.2) is 8.78 Å². The van der Waals surface area contributed by atoms with Crippen LogP contribution in [0.25, 0.3) is 0 Å². The smallest absolute Gasteiger partial charge is 0.306 e. The number of ketones is 2. The number of hydrogen-bond acceptors (Lipinski definition) is 6. The van der Waals surface area contributed by atoms with Crippen LogP contribution in [-0.2, 0) is 19.1 Å². The largest absolute Gasteiger partial charge is 0.450 e. The molecule has 0 amide bonds. The number of carbonyl (C=O) groups is 3. The number of rotatable bonds is 4. The first-order chi connectivity index (χ1) is 15.7. The maximum absolute atomic E-state index is 17.3. The number of aliphatic hydroxyl groups is 2. The van der Waals surface area contributed by atoms with Gasteiger partial charge in [-0.05, 0) is 49.8 Å². The van der Waals surface area contributed by atoms with E-state index in [0.717, 1.165) is 6.08 Å². The summed E-state index contributed by atoms with van der Waals surface area (Å²) >= 11 is 6.07. The molecule has 0 aromatic carbocycles. The molecule has 4 aliphatic rings. The van der Waals surface area contributed by atoms with E-state index in [0.29, 0.717) is 0 Å². The van der Waals surface area contributed by atoms with Gasteiger partial charge in [-0.2, -0.15) is 0 Å². The van der Waals surface area contributed by atoms with E-state index < -0.39 is 76.3 Å². The van der Waals surface area contributed by atoms with Crippen LogP contribution in [0.3, 0.4) is 0 Å². The van der Waals surface area contributed by atoms with E-state index in [1.54, 1.807) is 20.8 Å². The van der Waals surface area contributed by atoms with E-state index in [2.05, 4.69) is 0 Å². The van der Waals surface area contributed by atoms with Gasteiger partial charge in [0.15, 0.2) is 17.1 Å². The van der Waals surface area contributed by atoms with Crippen LogP contribution in [0.1, 0.15) is 53.4 Å². The monoisotopic (exact) mass is 500 g/mol. The Bertz CT molecular complexity index is 1010. The predicted molar refractivity (Wildman–Crippen MR) is 119 cm³/mol. The summed E-state index contributed by atoms with van der Waals surface area (Å²) in [6.45, 7) is 5.49. The topological polar surface area (TPSA) is 101 Å². The fourth-order valence-electron chi connectivity index (χ4n) is 7.82. The van der Waals surface area contributed by atoms with Crippen molar-refractivity contribution in [2.24, 2.45) is 28.6 Å². The SMILES string of the molecule is CCC(=O)OC1(C(=O)CO)C(C)CC2C3CC(F)C4=CC(=O)C(Cl)=CC4(C)C3(F)C(O)CC21C. The minimum atomic E-state index is -2.38. The van der Waals surface area contributed by atoms with Crippen LogP contribution in [0.4, 0.5) is 8.78 Å². The molecule has 0 saturated heterocycles. The van der Waals surface area contributed by atoms with Gasteiger partial charge >= 0.3 is 5.97 Å². The molecule has 9 atom stereocenters. The van der Waals surface area contributed by atoms with Crippen LogP contribution in [0, 0.1) is 28.6 Å². The molecule has 2 N–H and O–H groups in total. The van der Waals surface area contributed by atoms with E-state index in [-0.39, 0.29) is 36.3 Å². The summed E-state index contributed by atoms with van der Waals surface area (Å²) in [5, 5.41) is 21.0. The van der Waals surface area contributed by atoms with Crippen molar-refractivity contribution in [3.8, 4) is 0 Å². The molecular weight excluding hydrogens is 470 g/mol. The number of ether oxygens (including phenoxy) is 1. The molecule has 4 aliphatic carbocycles. The highest BCUT2D eigenvalue weighted by Gasteiger charge is 2.78. The van der Waals surface area contributed by atoms with Crippen molar-refractivity contribution in [1.29, 1.82) is 0 Å². The number of alkyl halides is 2. The van der Waals surface area contributed by atoms with Crippen molar-refractivity contribution in [2.75, 3.05) is 6.61 Å². The molecule has 0 radical (unpaired) electrons. The molecule has 4 rings (SSSR count).